The number of fused-ring (bicyclic) bond motifs is 3. The Kier molecular flexibility index (Phi) is 4.71. The molecule has 2 aromatic heterocycles. The molecule has 8 heteroatoms. The van der Waals surface area contributed by atoms with Crippen LogP contribution in [-0.4, -0.2) is 44.0 Å². The number of aliphatic hydroxyl groups is 1. The number of ether oxygens (including phenoxy) is 2. The summed E-state index contributed by atoms with van der Waals surface area (Å²) in [6, 6.07) is 13.1. The summed E-state index contributed by atoms with van der Waals surface area (Å²) in [5.41, 5.74) is 7.42. The molecule has 0 unspecified atom stereocenters. The van der Waals surface area contributed by atoms with Gasteiger partial charge in [-0.25, -0.2) is 9.97 Å². The zero-order valence-corrected chi connectivity index (χ0v) is 16.6. The van der Waals surface area contributed by atoms with E-state index in [0.717, 1.165) is 16.7 Å². The second kappa shape index (κ2) is 7.21. The second-order valence-corrected chi connectivity index (χ2v) is 7.43. The molecule has 0 saturated heterocycles. The maximum Gasteiger partial charge on any atom is 0.223 e. The van der Waals surface area contributed by atoms with Crippen LogP contribution >= 0.6 is 0 Å². The number of hydrogen-bond donors (Lipinski definition) is 2. The van der Waals surface area contributed by atoms with Crippen molar-refractivity contribution >= 4 is 22.5 Å². The van der Waals surface area contributed by atoms with Gasteiger partial charge < -0.3 is 20.3 Å². The lowest BCUT2D eigenvalue weighted by atomic mass is 10.1. The molecule has 0 bridgehead atoms. The van der Waals surface area contributed by atoms with Gasteiger partial charge in [0.05, 0.1) is 19.3 Å². The molecule has 0 aliphatic carbocycles. The van der Waals surface area contributed by atoms with Gasteiger partial charge in [-0.15, -0.1) is 5.10 Å². The van der Waals surface area contributed by atoms with Gasteiger partial charge in [-0.05, 0) is 50.2 Å². The maximum absolute atomic E-state index is 9.89. The van der Waals surface area contributed by atoms with E-state index in [-0.39, 0.29) is 5.95 Å². The molecule has 2 heterocycles. The lowest BCUT2D eigenvalue weighted by Crippen LogP contribution is -2.21. The molecular weight excluding hydrogens is 370 g/mol. The van der Waals surface area contributed by atoms with Gasteiger partial charge in [0.25, 0.3) is 0 Å². The lowest BCUT2D eigenvalue weighted by Gasteiger charge is -2.17. The Labute approximate surface area is 167 Å². The van der Waals surface area contributed by atoms with Crippen LogP contribution in [0.25, 0.3) is 27.9 Å². The van der Waals surface area contributed by atoms with Crippen molar-refractivity contribution in [2.24, 2.45) is 0 Å². The standard InChI is InChI=1S/C21H23N5O3/c1-21(2,27)11-12-29-16-6-4-5-15-17(16)23-20(22)26-19(15)24-18(25-26)13-7-9-14(28-3)10-8-13/h4-10,27H,11-12H2,1-3H3,(H2,22,23). The zero-order chi connectivity index (χ0) is 20.6. The number of hydrogen-bond acceptors (Lipinski definition) is 7. The summed E-state index contributed by atoms with van der Waals surface area (Å²) in [7, 11) is 1.62. The fraction of sp³-hybridized carbons (Fsp3) is 0.286. The summed E-state index contributed by atoms with van der Waals surface area (Å²) in [5, 5.41) is 15.2. The first-order valence-corrected chi connectivity index (χ1v) is 9.30. The Balaban J connectivity index is 1.76. The number of methoxy groups -OCH3 is 1. The molecule has 0 aliphatic heterocycles. The third kappa shape index (κ3) is 3.79. The van der Waals surface area contributed by atoms with Crippen LogP contribution in [0.2, 0.25) is 0 Å². The van der Waals surface area contributed by atoms with E-state index in [2.05, 4.69) is 15.1 Å². The minimum absolute atomic E-state index is 0.221. The quantitative estimate of drug-likeness (QED) is 0.518. The van der Waals surface area contributed by atoms with Gasteiger partial charge in [0.2, 0.25) is 5.95 Å². The molecule has 4 aromatic rings. The van der Waals surface area contributed by atoms with Gasteiger partial charge in [-0.2, -0.15) is 4.52 Å². The number of aromatic nitrogens is 4. The summed E-state index contributed by atoms with van der Waals surface area (Å²) in [6.45, 7) is 3.85. The largest absolute Gasteiger partial charge is 0.497 e. The van der Waals surface area contributed by atoms with E-state index in [1.807, 2.05) is 42.5 Å². The van der Waals surface area contributed by atoms with Gasteiger partial charge >= 0.3 is 0 Å². The van der Waals surface area contributed by atoms with Gasteiger partial charge in [0, 0.05) is 17.4 Å². The summed E-state index contributed by atoms with van der Waals surface area (Å²) in [4.78, 5) is 9.17. The average molecular weight is 393 g/mol. The van der Waals surface area contributed by atoms with E-state index >= 15 is 0 Å². The molecular formula is C21H23N5O3. The topological polar surface area (TPSA) is 108 Å². The molecule has 3 N–H and O–H groups in total. The van der Waals surface area contributed by atoms with Crippen molar-refractivity contribution in [2.45, 2.75) is 25.9 Å². The summed E-state index contributed by atoms with van der Waals surface area (Å²) < 4.78 is 12.6. The van der Waals surface area contributed by atoms with Crippen molar-refractivity contribution in [1.29, 1.82) is 0 Å². The number of para-hydroxylation sites is 1. The zero-order valence-electron chi connectivity index (χ0n) is 16.6. The predicted molar refractivity (Wildman–Crippen MR) is 111 cm³/mol. The monoisotopic (exact) mass is 393 g/mol. The molecule has 0 fully saturated rings. The Morgan fingerprint density at radius 1 is 1.10 bits per heavy atom. The fourth-order valence-electron chi connectivity index (χ4n) is 3.02. The fourth-order valence-corrected chi connectivity index (χ4v) is 3.02. The molecule has 0 aliphatic rings. The van der Waals surface area contributed by atoms with Crippen molar-refractivity contribution in [2.75, 3.05) is 19.5 Å². The van der Waals surface area contributed by atoms with Crippen molar-refractivity contribution < 1.29 is 14.6 Å². The Morgan fingerprint density at radius 2 is 1.86 bits per heavy atom. The molecule has 0 atom stereocenters. The first-order valence-electron chi connectivity index (χ1n) is 9.30. The van der Waals surface area contributed by atoms with E-state index in [0.29, 0.717) is 35.8 Å². The second-order valence-electron chi connectivity index (χ2n) is 7.43. The lowest BCUT2D eigenvalue weighted by molar-refractivity contribution is 0.0555. The van der Waals surface area contributed by atoms with Crippen LogP contribution in [0, 0.1) is 0 Å². The van der Waals surface area contributed by atoms with Crippen LogP contribution in [0.4, 0.5) is 5.95 Å². The van der Waals surface area contributed by atoms with Crippen LogP contribution in [0.3, 0.4) is 0 Å². The van der Waals surface area contributed by atoms with Crippen molar-refractivity contribution in [3.63, 3.8) is 0 Å². The van der Waals surface area contributed by atoms with Crippen molar-refractivity contribution in [1.82, 2.24) is 19.6 Å². The molecule has 150 valence electrons. The summed E-state index contributed by atoms with van der Waals surface area (Å²) in [6.07, 6.45) is 0.494. The van der Waals surface area contributed by atoms with Crippen LogP contribution < -0.4 is 15.2 Å². The molecule has 2 aromatic carbocycles. The van der Waals surface area contributed by atoms with E-state index in [4.69, 9.17) is 15.2 Å². The first kappa shape index (κ1) is 18.9. The number of benzene rings is 2. The minimum atomic E-state index is -0.801. The highest BCUT2D eigenvalue weighted by Crippen LogP contribution is 2.29. The Hall–Kier alpha value is -3.39. The third-order valence-electron chi connectivity index (χ3n) is 4.61. The molecule has 4 rings (SSSR count). The Morgan fingerprint density at radius 3 is 2.55 bits per heavy atom. The average Bonchev–Trinajstić information content (AvgIpc) is 3.14. The molecule has 29 heavy (non-hydrogen) atoms. The third-order valence-corrected chi connectivity index (χ3v) is 4.61. The highest BCUT2D eigenvalue weighted by molar-refractivity contribution is 5.96. The molecule has 0 amide bonds. The predicted octanol–water partition coefficient (Wildman–Crippen LogP) is 3.08. The van der Waals surface area contributed by atoms with Gasteiger partial charge in [-0.3, -0.25) is 0 Å². The highest BCUT2D eigenvalue weighted by Gasteiger charge is 2.17. The van der Waals surface area contributed by atoms with Gasteiger partial charge in [0.1, 0.15) is 17.0 Å². The summed E-state index contributed by atoms with van der Waals surface area (Å²) >= 11 is 0. The number of nitrogen functional groups attached to an aromatic ring is 1. The van der Waals surface area contributed by atoms with Crippen LogP contribution in [0.5, 0.6) is 11.5 Å². The van der Waals surface area contributed by atoms with Crippen molar-refractivity contribution in [3.8, 4) is 22.9 Å². The molecule has 0 spiro atoms. The van der Waals surface area contributed by atoms with E-state index in [1.165, 1.54) is 4.52 Å². The number of nitrogens with two attached hydrogens (primary N) is 1. The number of anilines is 1. The minimum Gasteiger partial charge on any atom is -0.497 e. The number of nitrogens with zero attached hydrogens (tertiary/aromatic N) is 4. The highest BCUT2D eigenvalue weighted by atomic mass is 16.5. The van der Waals surface area contributed by atoms with Crippen LogP contribution in [0.1, 0.15) is 20.3 Å². The summed E-state index contributed by atoms with van der Waals surface area (Å²) in [5.74, 6) is 2.12. The van der Waals surface area contributed by atoms with E-state index in [9.17, 15) is 5.11 Å². The molecule has 0 saturated carbocycles. The molecule has 0 radical (unpaired) electrons. The molecule has 8 nitrogen and oxygen atoms in total. The van der Waals surface area contributed by atoms with Gasteiger partial charge in [-0.1, -0.05) is 6.07 Å². The van der Waals surface area contributed by atoms with Crippen LogP contribution in [-0.2, 0) is 0 Å². The Bertz CT molecular complexity index is 1160. The maximum atomic E-state index is 9.89. The van der Waals surface area contributed by atoms with Crippen molar-refractivity contribution in [3.05, 3.63) is 42.5 Å². The smallest absolute Gasteiger partial charge is 0.223 e. The van der Waals surface area contributed by atoms with Gasteiger partial charge in [0.15, 0.2) is 11.5 Å². The normalized spacial score (nSPS) is 11.9. The first-order chi connectivity index (χ1) is 13.9. The van der Waals surface area contributed by atoms with E-state index in [1.54, 1.807) is 21.0 Å². The van der Waals surface area contributed by atoms with Crippen LogP contribution in [0.15, 0.2) is 42.5 Å². The van der Waals surface area contributed by atoms with E-state index < -0.39 is 5.60 Å². The number of rotatable bonds is 6. The SMILES string of the molecule is COc1ccc(-c2nc3c4cccc(OCCC(C)(C)O)c4nc(N)n3n2)cc1.